The predicted molar refractivity (Wildman–Crippen MR) is 70.1 cm³/mol. The Kier molecular flexibility index (Phi) is 7.28. The first-order valence-electron chi connectivity index (χ1n) is 4.43. The van der Waals surface area contributed by atoms with Gasteiger partial charge in [0.2, 0.25) is 0 Å². The minimum absolute atomic E-state index is 1.06. The van der Waals surface area contributed by atoms with Crippen LogP contribution in [-0.2, 0) is 0 Å². The summed E-state index contributed by atoms with van der Waals surface area (Å²) in [6.07, 6.45) is 5.87. The molecule has 0 radical (unpaired) electrons. The second-order valence-corrected chi connectivity index (χ2v) is 6.80. The third kappa shape index (κ3) is 5.00. The molecule has 1 aromatic rings. The quantitative estimate of drug-likeness (QED) is 0.433. The van der Waals surface area contributed by atoms with Crippen molar-refractivity contribution < 1.29 is 0 Å². The van der Waals surface area contributed by atoms with E-state index < -0.39 is 0 Å². The molecule has 0 N–H and O–H groups in total. The van der Waals surface area contributed by atoms with E-state index in [4.69, 9.17) is 0 Å². The number of aromatic nitrogens is 2. The maximum atomic E-state index is 4.11. The first kappa shape index (κ1) is 12.8. The Labute approximate surface area is 106 Å². The van der Waals surface area contributed by atoms with E-state index >= 15 is 0 Å². The molecule has 0 unspecified atom stereocenters. The predicted octanol–water partition coefficient (Wildman–Crippen LogP) is 3.92. The number of halogens is 1. The van der Waals surface area contributed by atoms with Crippen molar-refractivity contribution in [3.8, 4) is 0 Å². The Morgan fingerprint density at radius 3 is 2.64 bits per heavy atom. The molecule has 0 saturated carbocycles. The smallest absolute Gasteiger partial charge is 0.131 e. The van der Waals surface area contributed by atoms with Gasteiger partial charge in [-0.05, 0) is 19.1 Å². The fourth-order valence-electron chi connectivity index (χ4n) is 0.871. The van der Waals surface area contributed by atoms with E-state index in [0.29, 0.717) is 0 Å². The average Bonchev–Trinajstić information content (AvgIpc) is 2.65. The van der Waals surface area contributed by atoms with Crippen LogP contribution in [0.1, 0.15) is 19.3 Å². The number of unbranched alkanes of at least 4 members (excludes halogenated alkanes) is 2. The van der Waals surface area contributed by atoms with Gasteiger partial charge in [0.05, 0.1) is 0 Å². The number of hydrogen-bond donors (Lipinski definition) is 0. The van der Waals surface area contributed by atoms with E-state index in [0.717, 1.165) is 19.8 Å². The Morgan fingerprint density at radius 2 is 2.00 bits per heavy atom. The molecule has 0 spiro atoms. The van der Waals surface area contributed by atoms with Gasteiger partial charge in [-0.2, -0.15) is 0 Å². The minimum atomic E-state index is 1.06. The number of alkyl halides is 1. The summed E-state index contributed by atoms with van der Waals surface area (Å²) in [5.74, 6) is 1.16. The largest absolute Gasteiger partial charge is 0.175 e. The monoisotopic (exact) mass is 312 g/mol. The summed E-state index contributed by atoms with van der Waals surface area (Å²) in [5, 5.41) is 9.28. The van der Waals surface area contributed by atoms with Crippen LogP contribution < -0.4 is 0 Å². The third-order valence-corrected chi connectivity index (χ3v) is 5.25. The lowest BCUT2D eigenvalue weighted by Gasteiger charge is -1.95. The highest BCUT2D eigenvalue weighted by molar-refractivity contribution is 9.09. The lowest BCUT2D eigenvalue weighted by Crippen LogP contribution is -1.81. The van der Waals surface area contributed by atoms with Crippen molar-refractivity contribution in [2.75, 3.05) is 17.3 Å². The van der Waals surface area contributed by atoms with Gasteiger partial charge >= 0.3 is 0 Å². The molecule has 14 heavy (non-hydrogen) atoms. The second kappa shape index (κ2) is 7.96. The SMILES string of the molecule is CSc1nnc(SCCCCCBr)s1. The van der Waals surface area contributed by atoms with Gasteiger partial charge in [0.1, 0.15) is 0 Å². The van der Waals surface area contributed by atoms with E-state index in [1.54, 1.807) is 23.1 Å². The molecule has 0 aliphatic heterocycles. The molecule has 1 aromatic heterocycles. The maximum absolute atomic E-state index is 4.11. The van der Waals surface area contributed by atoms with Gasteiger partial charge in [-0.3, -0.25) is 0 Å². The number of rotatable bonds is 7. The molecule has 0 aromatic carbocycles. The molecule has 0 bridgehead atoms. The zero-order valence-corrected chi connectivity index (χ0v) is 12.1. The summed E-state index contributed by atoms with van der Waals surface area (Å²) in [6, 6.07) is 0. The van der Waals surface area contributed by atoms with Crippen LogP contribution in [0, 0.1) is 0 Å². The first-order chi connectivity index (χ1) is 6.86. The van der Waals surface area contributed by atoms with Crippen molar-refractivity contribution >= 4 is 50.8 Å². The summed E-state index contributed by atoms with van der Waals surface area (Å²) in [4.78, 5) is 0. The first-order valence-corrected chi connectivity index (χ1v) is 8.58. The Bertz CT molecular complexity index is 254. The van der Waals surface area contributed by atoms with Crippen LogP contribution in [0.4, 0.5) is 0 Å². The Balaban J connectivity index is 2.12. The van der Waals surface area contributed by atoms with E-state index in [2.05, 4.69) is 26.1 Å². The number of thioether (sulfide) groups is 2. The topological polar surface area (TPSA) is 25.8 Å². The zero-order chi connectivity index (χ0) is 10.2. The summed E-state index contributed by atoms with van der Waals surface area (Å²) < 4.78 is 2.17. The number of nitrogens with zero attached hydrogens (tertiary/aromatic N) is 2. The van der Waals surface area contributed by atoms with E-state index in [-0.39, 0.29) is 0 Å². The van der Waals surface area contributed by atoms with Crippen LogP contribution in [0.2, 0.25) is 0 Å². The molecule has 80 valence electrons. The highest BCUT2D eigenvalue weighted by Crippen LogP contribution is 2.27. The Morgan fingerprint density at radius 1 is 1.21 bits per heavy atom. The van der Waals surface area contributed by atoms with Gasteiger partial charge in [-0.1, -0.05) is 57.2 Å². The molecule has 1 heterocycles. The van der Waals surface area contributed by atoms with Crippen LogP contribution in [0.3, 0.4) is 0 Å². The molecular weight excluding hydrogens is 300 g/mol. The summed E-state index contributed by atoms with van der Waals surface area (Å²) in [7, 11) is 0. The van der Waals surface area contributed by atoms with Crippen molar-refractivity contribution in [2.24, 2.45) is 0 Å². The van der Waals surface area contributed by atoms with Crippen LogP contribution in [0.5, 0.6) is 0 Å². The molecule has 0 saturated heterocycles. The molecular formula is C8H13BrN2S3. The van der Waals surface area contributed by atoms with Crippen LogP contribution >= 0.6 is 50.8 Å². The molecule has 0 atom stereocenters. The van der Waals surface area contributed by atoms with Crippen molar-refractivity contribution in [1.29, 1.82) is 0 Å². The van der Waals surface area contributed by atoms with E-state index in [9.17, 15) is 0 Å². The fourth-order valence-corrected chi connectivity index (χ4v) is 3.77. The Hall–Kier alpha value is 0.740. The standard InChI is InChI=1S/C8H13BrN2S3/c1-12-7-10-11-8(14-7)13-6-4-2-3-5-9/h2-6H2,1H3. The summed E-state index contributed by atoms with van der Waals surface area (Å²) >= 11 is 8.61. The molecule has 1 rings (SSSR count). The van der Waals surface area contributed by atoms with Gasteiger partial charge in [-0.15, -0.1) is 10.2 Å². The molecule has 0 aliphatic carbocycles. The van der Waals surface area contributed by atoms with Gasteiger partial charge in [0, 0.05) is 11.1 Å². The van der Waals surface area contributed by atoms with Crippen LogP contribution in [-0.4, -0.2) is 27.5 Å². The highest BCUT2D eigenvalue weighted by atomic mass is 79.9. The average molecular weight is 313 g/mol. The van der Waals surface area contributed by atoms with Gasteiger partial charge in [0.15, 0.2) is 8.68 Å². The normalized spacial score (nSPS) is 10.7. The molecule has 0 fully saturated rings. The van der Waals surface area contributed by atoms with E-state index in [1.165, 1.54) is 19.3 Å². The zero-order valence-electron chi connectivity index (χ0n) is 8.03. The van der Waals surface area contributed by atoms with Crippen molar-refractivity contribution in [2.45, 2.75) is 27.9 Å². The second-order valence-electron chi connectivity index (χ2n) is 2.64. The molecule has 6 heteroatoms. The molecule has 0 aliphatic rings. The van der Waals surface area contributed by atoms with Gasteiger partial charge in [-0.25, -0.2) is 0 Å². The summed E-state index contributed by atoms with van der Waals surface area (Å²) in [5.41, 5.74) is 0. The maximum Gasteiger partial charge on any atom is 0.175 e. The molecule has 2 nitrogen and oxygen atoms in total. The number of hydrogen-bond acceptors (Lipinski definition) is 5. The molecule has 0 amide bonds. The van der Waals surface area contributed by atoms with Crippen LogP contribution in [0.15, 0.2) is 8.68 Å². The van der Waals surface area contributed by atoms with Gasteiger partial charge < -0.3 is 0 Å². The van der Waals surface area contributed by atoms with Crippen LogP contribution in [0.25, 0.3) is 0 Å². The fraction of sp³-hybridized carbons (Fsp3) is 0.750. The lowest BCUT2D eigenvalue weighted by atomic mass is 10.3. The van der Waals surface area contributed by atoms with Crippen molar-refractivity contribution in [1.82, 2.24) is 10.2 Å². The highest BCUT2D eigenvalue weighted by Gasteiger charge is 2.02. The van der Waals surface area contributed by atoms with Crippen molar-refractivity contribution in [3.63, 3.8) is 0 Å². The third-order valence-electron chi connectivity index (χ3n) is 1.57. The minimum Gasteiger partial charge on any atom is -0.131 e. The van der Waals surface area contributed by atoms with Gasteiger partial charge in [0.25, 0.3) is 0 Å². The van der Waals surface area contributed by atoms with Crippen molar-refractivity contribution in [3.05, 3.63) is 0 Å². The summed E-state index contributed by atoms with van der Waals surface area (Å²) in [6.45, 7) is 0. The van der Waals surface area contributed by atoms with E-state index in [1.807, 2.05) is 18.0 Å². The lowest BCUT2D eigenvalue weighted by molar-refractivity contribution is 0.788.